The minimum atomic E-state index is -3.47. The van der Waals surface area contributed by atoms with Crippen molar-refractivity contribution in [1.29, 1.82) is 0 Å². The van der Waals surface area contributed by atoms with Crippen LogP contribution in [0.1, 0.15) is 51.0 Å². The largest absolute Gasteiger partial charge is 0.466 e. The molecule has 1 aliphatic heterocycles. The first kappa shape index (κ1) is 18.4. The zero-order chi connectivity index (χ0) is 17.4. The van der Waals surface area contributed by atoms with E-state index in [2.05, 4.69) is 16.6 Å². The predicted molar refractivity (Wildman–Crippen MR) is 92.5 cm³/mol. The Labute approximate surface area is 143 Å². The lowest BCUT2D eigenvalue weighted by atomic mass is 10.2. The molecule has 7 heteroatoms. The molecule has 1 aliphatic rings. The van der Waals surface area contributed by atoms with Crippen LogP contribution in [0.2, 0.25) is 0 Å². The van der Waals surface area contributed by atoms with Crippen LogP contribution < -0.4 is 4.72 Å². The molecule has 0 saturated heterocycles. The fourth-order valence-corrected chi connectivity index (χ4v) is 3.65. The number of aliphatic imine (C=N–C) groups is 1. The number of ether oxygens (including phenoxy) is 1. The van der Waals surface area contributed by atoms with Crippen LogP contribution in [0.15, 0.2) is 34.2 Å². The number of sulfonamides is 1. The number of nitrogens with one attached hydrogen (secondary N) is 1. The summed E-state index contributed by atoms with van der Waals surface area (Å²) in [5.41, 5.74) is 0.622. The molecule has 6 nitrogen and oxygen atoms in total. The lowest BCUT2D eigenvalue weighted by molar-refractivity contribution is -0.143. The van der Waals surface area contributed by atoms with Crippen molar-refractivity contribution in [1.82, 2.24) is 4.72 Å². The number of amidine groups is 1. The highest BCUT2D eigenvalue weighted by Gasteiger charge is 2.29. The van der Waals surface area contributed by atoms with Gasteiger partial charge in [0.15, 0.2) is 0 Å². The Morgan fingerprint density at radius 1 is 1.17 bits per heavy atom. The molecule has 0 amide bonds. The van der Waals surface area contributed by atoms with Crippen LogP contribution in [-0.4, -0.2) is 33.4 Å². The van der Waals surface area contributed by atoms with Gasteiger partial charge in [0.25, 0.3) is 10.0 Å². The van der Waals surface area contributed by atoms with E-state index >= 15 is 0 Å². The average molecular weight is 352 g/mol. The van der Waals surface area contributed by atoms with Crippen molar-refractivity contribution >= 4 is 21.8 Å². The van der Waals surface area contributed by atoms with Crippen LogP contribution in [-0.2, 0) is 19.6 Å². The van der Waals surface area contributed by atoms with E-state index in [1.54, 1.807) is 24.3 Å². The van der Waals surface area contributed by atoms with Gasteiger partial charge in [0.05, 0.1) is 11.5 Å². The Hall–Kier alpha value is -1.89. The molecule has 1 N–H and O–H groups in total. The molecule has 0 spiro atoms. The molecule has 0 fully saturated rings. The first-order chi connectivity index (χ1) is 11.5. The molecule has 0 unspecified atom stereocenters. The highest BCUT2D eigenvalue weighted by atomic mass is 32.2. The Balaban J connectivity index is 1.71. The Morgan fingerprint density at radius 3 is 2.75 bits per heavy atom. The van der Waals surface area contributed by atoms with Gasteiger partial charge in [-0.25, -0.2) is 8.42 Å². The van der Waals surface area contributed by atoms with Crippen molar-refractivity contribution in [3.63, 3.8) is 0 Å². The second-order valence-corrected chi connectivity index (χ2v) is 7.37. The van der Waals surface area contributed by atoms with E-state index in [9.17, 15) is 13.2 Å². The number of nitrogens with zero attached hydrogens (tertiary/aromatic N) is 1. The third-order valence-corrected chi connectivity index (χ3v) is 5.13. The average Bonchev–Trinajstić information content (AvgIpc) is 2.82. The van der Waals surface area contributed by atoms with Crippen LogP contribution >= 0.6 is 0 Å². The van der Waals surface area contributed by atoms with Crippen molar-refractivity contribution in [2.45, 2.75) is 50.3 Å². The van der Waals surface area contributed by atoms with Crippen molar-refractivity contribution in [3.05, 3.63) is 29.8 Å². The first-order valence-electron chi connectivity index (χ1n) is 8.37. The number of hydrogen-bond acceptors (Lipinski definition) is 5. The molecular formula is C17H24N2O4S. The Bertz CT molecular complexity index is 698. The van der Waals surface area contributed by atoms with Gasteiger partial charge in [-0.1, -0.05) is 31.9 Å². The summed E-state index contributed by atoms with van der Waals surface area (Å²) in [7, 11) is -3.47. The molecule has 1 aromatic rings. The summed E-state index contributed by atoms with van der Waals surface area (Å²) in [6, 6.07) is 6.81. The minimum absolute atomic E-state index is 0.146. The van der Waals surface area contributed by atoms with E-state index in [-0.39, 0.29) is 10.9 Å². The van der Waals surface area contributed by atoms with Gasteiger partial charge in [0, 0.05) is 18.5 Å². The Morgan fingerprint density at radius 2 is 1.96 bits per heavy atom. The van der Waals surface area contributed by atoms with Crippen LogP contribution in [0, 0.1) is 0 Å². The molecule has 0 atom stereocenters. The molecule has 132 valence electrons. The number of esters is 1. The maximum absolute atomic E-state index is 11.9. The van der Waals surface area contributed by atoms with Crippen LogP contribution in [0.4, 0.5) is 0 Å². The molecule has 0 aromatic heterocycles. The van der Waals surface area contributed by atoms with E-state index in [0.717, 1.165) is 32.1 Å². The fraction of sp³-hybridized carbons (Fsp3) is 0.529. The highest BCUT2D eigenvalue weighted by molar-refractivity contribution is 7.90. The second kappa shape index (κ2) is 8.82. The van der Waals surface area contributed by atoms with Crippen molar-refractivity contribution in [2.24, 2.45) is 4.99 Å². The van der Waals surface area contributed by atoms with E-state index in [1.807, 2.05) is 0 Å². The molecule has 1 aromatic carbocycles. The van der Waals surface area contributed by atoms with Crippen molar-refractivity contribution < 1.29 is 17.9 Å². The number of carbonyl (C=O) groups is 1. The van der Waals surface area contributed by atoms with Gasteiger partial charge in [-0.2, -0.15) is 0 Å². The van der Waals surface area contributed by atoms with Gasteiger partial charge in [-0.05, 0) is 31.4 Å². The summed E-state index contributed by atoms with van der Waals surface area (Å²) in [6.07, 6.45) is 4.76. The highest BCUT2D eigenvalue weighted by Crippen LogP contribution is 2.22. The van der Waals surface area contributed by atoms with E-state index in [4.69, 9.17) is 4.74 Å². The number of fused-ring (bicyclic) bond motifs is 1. The number of hydrogen-bond donors (Lipinski definition) is 1. The zero-order valence-corrected chi connectivity index (χ0v) is 14.8. The standard InChI is InChI=1S/C17H24N2O4S/c1-2-3-13-23-16(20)11-5-4-8-12-18-17-14-9-6-7-10-15(14)24(21,22)19-17/h6-7,9-10H,2-5,8,11-13H2,1H3,(H,18,19). The SMILES string of the molecule is CCCCOC(=O)CCCCCN=C1NS(=O)(=O)c2ccccc21. The number of unbranched alkanes of at least 4 members (excludes halogenated alkanes) is 3. The monoisotopic (exact) mass is 352 g/mol. The summed E-state index contributed by atoms with van der Waals surface area (Å²) >= 11 is 0. The van der Waals surface area contributed by atoms with Gasteiger partial charge in [-0.3, -0.25) is 14.5 Å². The molecule has 0 radical (unpaired) electrons. The number of carbonyl (C=O) groups excluding carboxylic acids is 1. The topological polar surface area (TPSA) is 84.8 Å². The molecule has 0 bridgehead atoms. The van der Waals surface area contributed by atoms with Crippen LogP contribution in [0.5, 0.6) is 0 Å². The maximum atomic E-state index is 11.9. The van der Waals surface area contributed by atoms with Gasteiger partial charge in [0.2, 0.25) is 0 Å². The molecule has 2 rings (SSSR count). The summed E-state index contributed by atoms with van der Waals surface area (Å²) in [6.45, 7) is 3.08. The number of benzene rings is 1. The Kier molecular flexibility index (Phi) is 6.78. The summed E-state index contributed by atoms with van der Waals surface area (Å²) in [4.78, 5) is 16.1. The van der Waals surface area contributed by atoms with Gasteiger partial charge >= 0.3 is 5.97 Å². The second-order valence-electron chi connectivity index (χ2n) is 5.72. The molecular weight excluding hydrogens is 328 g/mol. The molecule has 24 heavy (non-hydrogen) atoms. The van der Waals surface area contributed by atoms with Crippen LogP contribution in [0.25, 0.3) is 0 Å². The molecule has 0 saturated carbocycles. The quantitative estimate of drug-likeness (QED) is 0.547. The summed E-state index contributed by atoms with van der Waals surface area (Å²) in [5.74, 6) is 0.261. The first-order valence-corrected chi connectivity index (χ1v) is 9.85. The summed E-state index contributed by atoms with van der Waals surface area (Å²) in [5, 5.41) is 0. The van der Waals surface area contributed by atoms with E-state index in [1.165, 1.54) is 0 Å². The zero-order valence-electron chi connectivity index (χ0n) is 14.0. The van der Waals surface area contributed by atoms with Gasteiger partial charge in [-0.15, -0.1) is 0 Å². The van der Waals surface area contributed by atoms with Gasteiger partial charge < -0.3 is 4.74 Å². The lowest BCUT2D eigenvalue weighted by Gasteiger charge is -2.03. The predicted octanol–water partition coefficient (Wildman–Crippen LogP) is 2.63. The molecule has 1 heterocycles. The fourth-order valence-electron chi connectivity index (χ4n) is 2.40. The van der Waals surface area contributed by atoms with Gasteiger partial charge in [0.1, 0.15) is 5.84 Å². The van der Waals surface area contributed by atoms with E-state index in [0.29, 0.717) is 31.0 Å². The smallest absolute Gasteiger partial charge is 0.305 e. The third-order valence-electron chi connectivity index (χ3n) is 3.73. The summed E-state index contributed by atoms with van der Waals surface area (Å²) < 4.78 is 31.4. The third kappa shape index (κ3) is 5.06. The minimum Gasteiger partial charge on any atom is -0.466 e. The maximum Gasteiger partial charge on any atom is 0.305 e. The number of rotatable bonds is 9. The van der Waals surface area contributed by atoms with Crippen molar-refractivity contribution in [2.75, 3.05) is 13.2 Å². The van der Waals surface area contributed by atoms with E-state index < -0.39 is 10.0 Å². The normalized spacial score (nSPS) is 16.6. The van der Waals surface area contributed by atoms with Crippen LogP contribution in [0.3, 0.4) is 0 Å². The lowest BCUT2D eigenvalue weighted by Crippen LogP contribution is -2.22. The van der Waals surface area contributed by atoms with Crippen molar-refractivity contribution in [3.8, 4) is 0 Å². The molecule has 0 aliphatic carbocycles.